The summed E-state index contributed by atoms with van der Waals surface area (Å²) in [6, 6.07) is 0.500. The Labute approximate surface area is 162 Å². The molecule has 1 saturated carbocycles. The first-order valence-electron chi connectivity index (χ1n) is 8.87. The van der Waals surface area contributed by atoms with Gasteiger partial charge in [0.2, 0.25) is 0 Å². The van der Waals surface area contributed by atoms with E-state index >= 15 is 0 Å². The van der Waals surface area contributed by atoms with E-state index in [2.05, 4.69) is 49.7 Å². The number of hydrogen-bond donors (Lipinski definition) is 1. The van der Waals surface area contributed by atoms with Crippen molar-refractivity contribution in [2.24, 2.45) is 16.3 Å². The van der Waals surface area contributed by atoms with E-state index in [4.69, 9.17) is 9.73 Å². The zero-order valence-corrected chi connectivity index (χ0v) is 18.0. The second kappa shape index (κ2) is 8.13. The normalized spacial score (nSPS) is 36.0. The van der Waals surface area contributed by atoms with Gasteiger partial charge in [-0.2, -0.15) is 11.8 Å². The van der Waals surface area contributed by atoms with Crippen LogP contribution in [0, 0.1) is 11.3 Å². The van der Waals surface area contributed by atoms with Crippen molar-refractivity contribution in [2.45, 2.75) is 57.9 Å². The molecule has 23 heavy (non-hydrogen) atoms. The predicted octanol–water partition coefficient (Wildman–Crippen LogP) is 3.21. The van der Waals surface area contributed by atoms with Gasteiger partial charge in [-0.1, -0.05) is 20.8 Å². The Morgan fingerprint density at radius 1 is 1.39 bits per heavy atom. The molecule has 0 amide bonds. The fraction of sp³-hybridized carbons (Fsp3) is 0.941. The third-order valence-electron chi connectivity index (χ3n) is 5.59. The van der Waals surface area contributed by atoms with Gasteiger partial charge in [0.15, 0.2) is 5.96 Å². The molecule has 3 rings (SSSR count). The molecule has 134 valence electrons. The van der Waals surface area contributed by atoms with E-state index in [1.165, 1.54) is 18.6 Å². The highest BCUT2D eigenvalue weighted by molar-refractivity contribution is 14.0. The molecule has 3 aliphatic rings. The second-order valence-electron chi connectivity index (χ2n) is 7.33. The Hall–Kier alpha value is 0.310. The van der Waals surface area contributed by atoms with Gasteiger partial charge >= 0.3 is 0 Å². The lowest BCUT2D eigenvalue weighted by molar-refractivity contribution is -0.107. The van der Waals surface area contributed by atoms with Crippen LogP contribution in [0.15, 0.2) is 4.99 Å². The molecule has 0 aromatic carbocycles. The van der Waals surface area contributed by atoms with E-state index in [-0.39, 0.29) is 29.4 Å². The summed E-state index contributed by atoms with van der Waals surface area (Å²) in [6.07, 6.45) is 2.88. The summed E-state index contributed by atoms with van der Waals surface area (Å²) in [7, 11) is 0. The number of nitrogens with one attached hydrogen (secondary N) is 1. The Balaban J connectivity index is 0.00000192. The third kappa shape index (κ3) is 3.78. The monoisotopic (exact) mass is 453 g/mol. The Kier molecular flexibility index (Phi) is 6.94. The van der Waals surface area contributed by atoms with Crippen molar-refractivity contribution in [3.05, 3.63) is 0 Å². The molecular formula is C17H32IN3OS. The number of aliphatic imine (C=N–C) groups is 1. The first-order chi connectivity index (χ1) is 10.6. The largest absolute Gasteiger partial charge is 0.377 e. The first kappa shape index (κ1) is 19.6. The number of fused-ring (bicyclic) bond motifs is 1. The van der Waals surface area contributed by atoms with E-state index in [0.717, 1.165) is 37.5 Å². The fourth-order valence-corrected chi connectivity index (χ4v) is 5.48. The quantitative estimate of drug-likeness (QED) is 0.405. The Morgan fingerprint density at radius 2 is 2.17 bits per heavy atom. The van der Waals surface area contributed by atoms with Crippen LogP contribution in [0.25, 0.3) is 0 Å². The van der Waals surface area contributed by atoms with Crippen LogP contribution in [0.2, 0.25) is 0 Å². The summed E-state index contributed by atoms with van der Waals surface area (Å²) in [4.78, 5) is 7.28. The van der Waals surface area contributed by atoms with Gasteiger partial charge in [-0.15, -0.1) is 24.0 Å². The van der Waals surface area contributed by atoms with E-state index < -0.39 is 0 Å². The number of thioether (sulfide) groups is 1. The Morgan fingerprint density at radius 3 is 2.87 bits per heavy atom. The lowest BCUT2D eigenvalue weighted by Crippen LogP contribution is -2.68. The van der Waals surface area contributed by atoms with Crippen molar-refractivity contribution in [3.8, 4) is 0 Å². The summed E-state index contributed by atoms with van der Waals surface area (Å²) < 4.78 is 5.92. The van der Waals surface area contributed by atoms with Crippen molar-refractivity contribution in [2.75, 3.05) is 32.0 Å². The van der Waals surface area contributed by atoms with Gasteiger partial charge in [0.1, 0.15) is 0 Å². The third-order valence-corrected chi connectivity index (χ3v) is 6.96. The zero-order valence-electron chi connectivity index (χ0n) is 14.9. The fourth-order valence-electron chi connectivity index (χ4n) is 4.30. The van der Waals surface area contributed by atoms with Gasteiger partial charge in [0.25, 0.3) is 0 Å². The summed E-state index contributed by atoms with van der Waals surface area (Å²) in [5.74, 6) is 3.01. The highest BCUT2D eigenvalue weighted by Crippen LogP contribution is 2.52. The summed E-state index contributed by atoms with van der Waals surface area (Å²) in [5.41, 5.74) is 0.213. The highest BCUT2D eigenvalue weighted by Gasteiger charge is 2.59. The van der Waals surface area contributed by atoms with Crippen molar-refractivity contribution in [1.29, 1.82) is 0 Å². The standard InChI is InChI=1S/C17H31N3OS.HI/c1-5-12-11-20(8-10-22-12)16(18-6-2)19-14-13-7-9-21-15(13)17(14,3)4;/h12-15H,5-11H2,1-4H3,(H,18,19);1H. The molecule has 2 heterocycles. The average Bonchev–Trinajstić information content (AvgIpc) is 2.98. The van der Waals surface area contributed by atoms with E-state index in [1.54, 1.807) is 0 Å². The summed E-state index contributed by atoms with van der Waals surface area (Å²) in [5, 5.41) is 4.56. The lowest BCUT2D eigenvalue weighted by atomic mass is 9.57. The topological polar surface area (TPSA) is 36.9 Å². The molecule has 2 aliphatic heterocycles. The molecule has 6 heteroatoms. The van der Waals surface area contributed by atoms with Crippen LogP contribution < -0.4 is 5.32 Å². The van der Waals surface area contributed by atoms with Crippen molar-refractivity contribution >= 4 is 41.7 Å². The zero-order chi connectivity index (χ0) is 15.7. The molecule has 2 saturated heterocycles. The molecule has 4 unspecified atom stereocenters. The minimum atomic E-state index is 0. The second-order valence-corrected chi connectivity index (χ2v) is 8.74. The van der Waals surface area contributed by atoms with Crippen LogP contribution in [0.5, 0.6) is 0 Å². The smallest absolute Gasteiger partial charge is 0.194 e. The van der Waals surface area contributed by atoms with Crippen LogP contribution in [0.4, 0.5) is 0 Å². The molecule has 0 radical (unpaired) electrons. The van der Waals surface area contributed by atoms with Crippen LogP contribution in [0.1, 0.15) is 40.5 Å². The van der Waals surface area contributed by atoms with Crippen molar-refractivity contribution < 1.29 is 4.74 Å². The molecule has 4 atom stereocenters. The Bertz CT molecular complexity index is 432. The van der Waals surface area contributed by atoms with Gasteiger partial charge in [-0.3, -0.25) is 4.99 Å². The minimum Gasteiger partial charge on any atom is -0.377 e. The number of hydrogen-bond acceptors (Lipinski definition) is 3. The minimum absolute atomic E-state index is 0. The molecule has 0 aromatic heterocycles. The van der Waals surface area contributed by atoms with Gasteiger partial charge in [0, 0.05) is 54.6 Å². The maximum Gasteiger partial charge on any atom is 0.194 e. The molecule has 0 bridgehead atoms. The maximum atomic E-state index is 5.92. The number of halogens is 1. The lowest BCUT2D eigenvalue weighted by Gasteiger charge is -2.55. The molecule has 0 aromatic rings. The first-order valence-corrected chi connectivity index (χ1v) is 9.92. The van der Waals surface area contributed by atoms with Crippen molar-refractivity contribution in [1.82, 2.24) is 10.2 Å². The highest BCUT2D eigenvalue weighted by atomic mass is 127. The van der Waals surface area contributed by atoms with E-state index in [0.29, 0.717) is 18.1 Å². The van der Waals surface area contributed by atoms with Gasteiger partial charge in [-0.25, -0.2) is 0 Å². The van der Waals surface area contributed by atoms with Gasteiger partial charge in [0.05, 0.1) is 6.10 Å². The number of ether oxygens (including phenoxy) is 1. The maximum absolute atomic E-state index is 5.92. The number of nitrogens with zero attached hydrogens (tertiary/aromatic N) is 2. The van der Waals surface area contributed by atoms with E-state index in [1.807, 2.05) is 0 Å². The summed E-state index contributed by atoms with van der Waals surface area (Å²) >= 11 is 2.11. The van der Waals surface area contributed by atoms with Crippen LogP contribution >= 0.6 is 35.7 Å². The molecule has 1 aliphatic carbocycles. The van der Waals surface area contributed by atoms with Crippen LogP contribution in [0.3, 0.4) is 0 Å². The van der Waals surface area contributed by atoms with Crippen LogP contribution in [-0.4, -0.2) is 60.2 Å². The molecule has 1 N–H and O–H groups in total. The average molecular weight is 453 g/mol. The summed E-state index contributed by atoms with van der Waals surface area (Å²) in [6.45, 7) is 13.1. The number of rotatable bonds is 3. The van der Waals surface area contributed by atoms with E-state index in [9.17, 15) is 0 Å². The molecular weight excluding hydrogens is 421 g/mol. The van der Waals surface area contributed by atoms with Gasteiger partial charge < -0.3 is 15.0 Å². The van der Waals surface area contributed by atoms with Crippen LogP contribution in [-0.2, 0) is 4.74 Å². The predicted molar refractivity (Wildman–Crippen MR) is 110 cm³/mol. The van der Waals surface area contributed by atoms with Gasteiger partial charge in [-0.05, 0) is 19.8 Å². The number of guanidine groups is 1. The SMILES string of the molecule is CCN=C(NC1C2CCOC2C1(C)C)N1CCSC(CC)C1.I. The molecule has 0 spiro atoms. The molecule has 4 nitrogen and oxygen atoms in total. The van der Waals surface area contributed by atoms with Crippen molar-refractivity contribution in [3.63, 3.8) is 0 Å². The molecule has 3 fully saturated rings.